The fourth-order valence-corrected chi connectivity index (χ4v) is 1.58. The third-order valence-electron chi connectivity index (χ3n) is 2.68. The molecule has 0 spiro atoms. The summed E-state index contributed by atoms with van der Waals surface area (Å²) in [5, 5.41) is 0. The molecule has 1 saturated heterocycles. The maximum Gasteiger partial charge on any atom is 0.0866 e. The molecule has 0 radical (unpaired) electrons. The van der Waals surface area contributed by atoms with Crippen molar-refractivity contribution in [1.82, 2.24) is 10.3 Å². The van der Waals surface area contributed by atoms with E-state index in [2.05, 4.69) is 31.1 Å². The number of nitrogens with two attached hydrogens (primary N) is 1. The van der Waals surface area contributed by atoms with Crippen molar-refractivity contribution >= 4 is 0 Å². The Morgan fingerprint density at radius 1 is 1.46 bits per heavy atom. The molecule has 0 aromatic carbocycles. The molecule has 1 aliphatic rings. The summed E-state index contributed by atoms with van der Waals surface area (Å²) < 4.78 is 5.63. The monoisotopic (exact) mass is 187 g/mol. The van der Waals surface area contributed by atoms with Crippen molar-refractivity contribution in [3.05, 3.63) is 0 Å². The lowest BCUT2D eigenvalue weighted by Crippen LogP contribution is -2.54. The highest BCUT2D eigenvalue weighted by Crippen LogP contribution is 2.10. The number of ether oxygens (including phenoxy) is 1. The van der Waals surface area contributed by atoms with E-state index in [0.717, 1.165) is 19.7 Å². The second kappa shape index (κ2) is 4.91. The second-order valence-corrected chi connectivity index (χ2v) is 3.95. The fraction of sp³-hybridized carbons (Fsp3) is 1.00. The van der Waals surface area contributed by atoms with Crippen molar-refractivity contribution in [3.8, 4) is 0 Å². The van der Waals surface area contributed by atoms with Crippen LogP contribution in [0.4, 0.5) is 0 Å². The van der Waals surface area contributed by atoms with Gasteiger partial charge in [0.2, 0.25) is 0 Å². The SMILES string of the molecule is CC(NN)C1CN(C(C)C)CCO1. The van der Waals surface area contributed by atoms with Gasteiger partial charge in [0.05, 0.1) is 12.7 Å². The summed E-state index contributed by atoms with van der Waals surface area (Å²) in [5.74, 6) is 5.38. The molecule has 13 heavy (non-hydrogen) atoms. The standard InChI is InChI=1S/C9H21N3O/c1-7(2)12-4-5-13-9(6-12)8(3)11-10/h7-9,11H,4-6,10H2,1-3H3. The minimum atomic E-state index is 0.223. The normalized spacial score (nSPS) is 27.9. The van der Waals surface area contributed by atoms with Crippen LogP contribution in [0.3, 0.4) is 0 Å². The van der Waals surface area contributed by atoms with E-state index in [9.17, 15) is 0 Å². The minimum absolute atomic E-state index is 0.223. The molecule has 2 atom stereocenters. The van der Waals surface area contributed by atoms with Gasteiger partial charge in [-0.25, -0.2) is 0 Å². The number of rotatable bonds is 3. The molecule has 78 valence electrons. The first kappa shape index (κ1) is 10.9. The first-order valence-corrected chi connectivity index (χ1v) is 4.97. The van der Waals surface area contributed by atoms with Gasteiger partial charge in [-0.2, -0.15) is 0 Å². The lowest BCUT2D eigenvalue weighted by atomic mass is 10.1. The molecule has 1 fully saturated rings. The summed E-state index contributed by atoms with van der Waals surface area (Å²) in [6.07, 6.45) is 0.223. The van der Waals surface area contributed by atoms with Crippen LogP contribution in [0.1, 0.15) is 20.8 Å². The molecule has 0 aliphatic carbocycles. The van der Waals surface area contributed by atoms with Crippen LogP contribution >= 0.6 is 0 Å². The predicted molar refractivity (Wildman–Crippen MR) is 53.2 cm³/mol. The minimum Gasteiger partial charge on any atom is -0.374 e. The van der Waals surface area contributed by atoms with Crippen molar-refractivity contribution in [2.45, 2.75) is 39.0 Å². The zero-order valence-electron chi connectivity index (χ0n) is 8.79. The smallest absolute Gasteiger partial charge is 0.0866 e. The van der Waals surface area contributed by atoms with Crippen molar-refractivity contribution < 1.29 is 4.74 Å². The maximum atomic E-state index is 5.63. The van der Waals surface area contributed by atoms with Crippen molar-refractivity contribution in [2.75, 3.05) is 19.7 Å². The predicted octanol–water partition coefficient (Wildman–Crippen LogP) is -0.0526. The van der Waals surface area contributed by atoms with Gasteiger partial charge in [-0.05, 0) is 20.8 Å². The number of hydrazine groups is 1. The topological polar surface area (TPSA) is 50.5 Å². The molecule has 0 bridgehead atoms. The summed E-state index contributed by atoms with van der Waals surface area (Å²) in [6.45, 7) is 9.30. The highest BCUT2D eigenvalue weighted by Gasteiger charge is 2.25. The highest BCUT2D eigenvalue weighted by molar-refractivity contribution is 4.79. The third-order valence-corrected chi connectivity index (χ3v) is 2.68. The van der Waals surface area contributed by atoms with Crippen LogP contribution in [0.25, 0.3) is 0 Å². The molecule has 0 amide bonds. The molecular formula is C9H21N3O. The Kier molecular flexibility index (Phi) is 4.12. The first-order valence-electron chi connectivity index (χ1n) is 4.97. The average molecular weight is 187 g/mol. The molecule has 1 heterocycles. The molecule has 1 rings (SSSR count). The van der Waals surface area contributed by atoms with Gasteiger partial charge in [0, 0.05) is 25.2 Å². The van der Waals surface area contributed by atoms with Crippen LogP contribution in [0.5, 0.6) is 0 Å². The second-order valence-electron chi connectivity index (χ2n) is 3.95. The third kappa shape index (κ3) is 2.91. The maximum absolute atomic E-state index is 5.63. The average Bonchev–Trinajstić information content (AvgIpc) is 2.17. The highest BCUT2D eigenvalue weighted by atomic mass is 16.5. The van der Waals surface area contributed by atoms with Crippen LogP contribution in [0.2, 0.25) is 0 Å². The molecule has 0 aromatic rings. The van der Waals surface area contributed by atoms with E-state index in [0.29, 0.717) is 6.04 Å². The van der Waals surface area contributed by atoms with Gasteiger partial charge in [0.25, 0.3) is 0 Å². The van der Waals surface area contributed by atoms with E-state index in [-0.39, 0.29) is 12.1 Å². The van der Waals surface area contributed by atoms with Crippen molar-refractivity contribution in [3.63, 3.8) is 0 Å². The summed E-state index contributed by atoms with van der Waals surface area (Å²) >= 11 is 0. The quantitative estimate of drug-likeness (QED) is 0.480. The van der Waals surface area contributed by atoms with E-state index in [1.807, 2.05) is 0 Å². The Hall–Kier alpha value is -0.160. The van der Waals surface area contributed by atoms with E-state index >= 15 is 0 Å². The summed E-state index contributed by atoms with van der Waals surface area (Å²) in [4.78, 5) is 2.42. The van der Waals surface area contributed by atoms with E-state index < -0.39 is 0 Å². The number of nitrogens with zero attached hydrogens (tertiary/aromatic N) is 1. The molecule has 0 aromatic heterocycles. The molecule has 4 nitrogen and oxygen atoms in total. The van der Waals surface area contributed by atoms with Gasteiger partial charge in [0.1, 0.15) is 0 Å². The Balaban J connectivity index is 2.41. The Bertz CT molecular complexity index is 152. The molecular weight excluding hydrogens is 166 g/mol. The van der Waals surface area contributed by atoms with Crippen LogP contribution < -0.4 is 11.3 Å². The number of morpholine rings is 1. The van der Waals surface area contributed by atoms with Gasteiger partial charge < -0.3 is 4.74 Å². The Morgan fingerprint density at radius 3 is 2.69 bits per heavy atom. The van der Waals surface area contributed by atoms with Crippen LogP contribution in [0.15, 0.2) is 0 Å². The molecule has 3 N–H and O–H groups in total. The van der Waals surface area contributed by atoms with Crippen LogP contribution in [-0.4, -0.2) is 42.8 Å². The van der Waals surface area contributed by atoms with E-state index in [4.69, 9.17) is 10.6 Å². The molecule has 2 unspecified atom stereocenters. The number of hydrogen-bond acceptors (Lipinski definition) is 4. The van der Waals surface area contributed by atoms with E-state index in [1.54, 1.807) is 0 Å². The molecule has 1 aliphatic heterocycles. The summed E-state index contributed by atoms with van der Waals surface area (Å²) in [5.41, 5.74) is 2.74. The zero-order chi connectivity index (χ0) is 9.84. The fourth-order valence-electron chi connectivity index (χ4n) is 1.58. The van der Waals surface area contributed by atoms with Crippen molar-refractivity contribution in [2.24, 2.45) is 5.84 Å². The Labute approximate surface area is 80.4 Å². The van der Waals surface area contributed by atoms with Gasteiger partial charge in [-0.1, -0.05) is 0 Å². The largest absolute Gasteiger partial charge is 0.374 e. The molecule has 4 heteroatoms. The van der Waals surface area contributed by atoms with Gasteiger partial charge in [0.15, 0.2) is 0 Å². The van der Waals surface area contributed by atoms with E-state index in [1.165, 1.54) is 0 Å². The van der Waals surface area contributed by atoms with Gasteiger partial charge in [-0.15, -0.1) is 0 Å². The Morgan fingerprint density at radius 2 is 2.15 bits per heavy atom. The van der Waals surface area contributed by atoms with Crippen molar-refractivity contribution in [1.29, 1.82) is 0 Å². The zero-order valence-corrected chi connectivity index (χ0v) is 8.79. The van der Waals surface area contributed by atoms with Crippen LogP contribution in [0, 0.1) is 0 Å². The summed E-state index contributed by atoms with van der Waals surface area (Å²) in [6, 6.07) is 0.818. The van der Waals surface area contributed by atoms with Gasteiger partial charge >= 0.3 is 0 Å². The summed E-state index contributed by atoms with van der Waals surface area (Å²) in [7, 11) is 0. The lowest BCUT2D eigenvalue weighted by Gasteiger charge is -2.37. The first-order chi connectivity index (χ1) is 6.15. The van der Waals surface area contributed by atoms with Crippen LogP contribution in [-0.2, 0) is 4.74 Å². The number of nitrogens with one attached hydrogen (secondary N) is 1. The molecule has 0 saturated carbocycles. The number of hydrogen-bond donors (Lipinski definition) is 2. The van der Waals surface area contributed by atoms with Gasteiger partial charge in [-0.3, -0.25) is 16.2 Å². The lowest BCUT2D eigenvalue weighted by molar-refractivity contribution is -0.0524.